The number of hydrogen-bond acceptors (Lipinski definition) is 4. The molecule has 2 aliphatic rings. The molecule has 1 saturated heterocycles. The Morgan fingerprint density at radius 1 is 1.14 bits per heavy atom. The molecule has 1 amide bonds. The van der Waals surface area contributed by atoms with Crippen LogP contribution in [0.25, 0.3) is 0 Å². The summed E-state index contributed by atoms with van der Waals surface area (Å²) in [4.78, 5) is 26.1. The van der Waals surface area contributed by atoms with Gasteiger partial charge in [-0.05, 0) is 41.7 Å². The molecule has 2 N–H and O–H groups in total. The standard InChI is InChI=1S/C22H23ClN2O4/c23-17-7-5-15(6-8-17)20(21(27)28)24-13-19(26)25-11-9-22(10-12-25)18-4-2-1-3-16(18)14-29-22/h1-8,20,24H,9-14H2,(H,27,28)/t20-/m1/s1. The lowest BCUT2D eigenvalue weighted by Crippen LogP contribution is -2.48. The van der Waals surface area contributed by atoms with Crippen molar-refractivity contribution in [3.05, 3.63) is 70.2 Å². The number of benzene rings is 2. The summed E-state index contributed by atoms with van der Waals surface area (Å²) in [5.41, 5.74) is 2.72. The number of carbonyl (C=O) groups is 2. The van der Waals surface area contributed by atoms with Crippen molar-refractivity contribution in [1.29, 1.82) is 0 Å². The van der Waals surface area contributed by atoms with Crippen molar-refractivity contribution < 1.29 is 19.4 Å². The maximum atomic E-state index is 12.7. The summed E-state index contributed by atoms with van der Waals surface area (Å²) in [6.45, 7) is 1.76. The van der Waals surface area contributed by atoms with Crippen molar-refractivity contribution in [3.8, 4) is 0 Å². The molecule has 0 unspecified atom stereocenters. The van der Waals surface area contributed by atoms with Gasteiger partial charge in [-0.1, -0.05) is 48.0 Å². The summed E-state index contributed by atoms with van der Waals surface area (Å²) in [6, 6.07) is 13.9. The first kappa shape index (κ1) is 19.9. The maximum absolute atomic E-state index is 12.7. The lowest BCUT2D eigenvalue weighted by atomic mass is 9.84. The fourth-order valence-electron chi connectivity index (χ4n) is 4.22. The highest BCUT2D eigenvalue weighted by atomic mass is 35.5. The average molecular weight is 415 g/mol. The number of aliphatic carboxylic acids is 1. The SMILES string of the molecule is O=C(O)[C@H](NCC(=O)N1CCC2(CC1)OCc1ccccc12)c1ccc(Cl)cc1. The van der Waals surface area contributed by atoms with Crippen LogP contribution in [0.2, 0.25) is 5.02 Å². The summed E-state index contributed by atoms with van der Waals surface area (Å²) >= 11 is 5.87. The fraction of sp³-hybridized carbons (Fsp3) is 0.364. The molecule has 7 heteroatoms. The second kappa shape index (κ2) is 8.14. The molecule has 152 valence electrons. The highest BCUT2D eigenvalue weighted by Crippen LogP contribution is 2.43. The minimum Gasteiger partial charge on any atom is -0.480 e. The van der Waals surface area contributed by atoms with Crippen LogP contribution in [0.3, 0.4) is 0 Å². The highest BCUT2D eigenvalue weighted by Gasteiger charge is 2.43. The minimum atomic E-state index is -1.03. The number of amides is 1. The summed E-state index contributed by atoms with van der Waals surface area (Å²) in [7, 11) is 0. The predicted octanol–water partition coefficient (Wildman–Crippen LogP) is 3.10. The van der Waals surface area contributed by atoms with E-state index in [1.54, 1.807) is 29.2 Å². The third-order valence-corrected chi connectivity index (χ3v) is 6.10. The van der Waals surface area contributed by atoms with Gasteiger partial charge in [-0.2, -0.15) is 0 Å². The summed E-state index contributed by atoms with van der Waals surface area (Å²) in [5, 5.41) is 12.9. The zero-order chi connectivity index (χ0) is 20.4. The summed E-state index contributed by atoms with van der Waals surface area (Å²) < 4.78 is 6.13. The monoisotopic (exact) mass is 414 g/mol. The molecule has 0 bridgehead atoms. The Morgan fingerprint density at radius 2 is 1.83 bits per heavy atom. The number of likely N-dealkylation sites (tertiary alicyclic amines) is 1. The molecule has 2 aromatic rings. The topological polar surface area (TPSA) is 78.9 Å². The Labute approximate surface area is 174 Å². The first-order chi connectivity index (χ1) is 14.0. The highest BCUT2D eigenvalue weighted by molar-refractivity contribution is 6.30. The van der Waals surface area contributed by atoms with Gasteiger partial charge in [0, 0.05) is 18.1 Å². The number of hydrogen-bond donors (Lipinski definition) is 2. The lowest BCUT2D eigenvalue weighted by molar-refractivity contribution is -0.140. The Bertz CT molecular complexity index is 907. The first-order valence-corrected chi connectivity index (χ1v) is 10.1. The van der Waals surface area contributed by atoms with Crippen LogP contribution in [0.5, 0.6) is 0 Å². The smallest absolute Gasteiger partial charge is 0.325 e. The van der Waals surface area contributed by atoms with Crippen molar-refractivity contribution in [1.82, 2.24) is 10.2 Å². The van der Waals surface area contributed by atoms with Gasteiger partial charge in [0.25, 0.3) is 0 Å². The van der Waals surface area contributed by atoms with E-state index in [0.717, 1.165) is 12.8 Å². The maximum Gasteiger partial charge on any atom is 0.325 e. The fourth-order valence-corrected chi connectivity index (χ4v) is 4.35. The molecule has 0 saturated carbocycles. The number of fused-ring (bicyclic) bond motifs is 2. The van der Waals surface area contributed by atoms with E-state index >= 15 is 0 Å². The number of piperidine rings is 1. The molecule has 0 radical (unpaired) electrons. The molecule has 0 aliphatic carbocycles. The number of ether oxygens (including phenoxy) is 1. The van der Waals surface area contributed by atoms with Gasteiger partial charge < -0.3 is 14.7 Å². The van der Waals surface area contributed by atoms with E-state index in [9.17, 15) is 14.7 Å². The van der Waals surface area contributed by atoms with Gasteiger partial charge in [-0.25, -0.2) is 0 Å². The van der Waals surface area contributed by atoms with Crippen LogP contribution in [0.1, 0.15) is 35.6 Å². The quantitative estimate of drug-likeness (QED) is 0.786. The van der Waals surface area contributed by atoms with Crippen LogP contribution < -0.4 is 5.32 Å². The number of carboxylic acids is 1. The van der Waals surface area contributed by atoms with Crippen LogP contribution in [0, 0.1) is 0 Å². The number of halogens is 1. The van der Waals surface area contributed by atoms with Crippen molar-refractivity contribution in [2.24, 2.45) is 0 Å². The number of nitrogens with one attached hydrogen (secondary N) is 1. The van der Waals surface area contributed by atoms with E-state index in [-0.39, 0.29) is 18.1 Å². The van der Waals surface area contributed by atoms with Crippen molar-refractivity contribution in [2.45, 2.75) is 31.1 Å². The third kappa shape index (κ3) is 4.01. The van der Waals surface area contributed by atoms with Crippen LogP contribution in [-0.4, -0.2) is 41.5 Å². The average Bonchev–Trinajstić information content (AvgIpc) is 3.08. The van der Waals surface area contributed by atoms with Gasteiger partial charge in [-0.15, -0.1) is 0 Å². The Balaban J connectivity index is 1.35. The minimum absolute atomic E-state index is 0.0377. The van der Waals surface area contributed by atoms with Gasteiger partial charge in [0.1, 0.15) is 6.04 Å². The Hall–Kier alpha value is -2.41. The molecule has 1 spiro atoms. The molecule has 1 atom stereocenters. The van der Waals surface area contributed by atoms with E-state index in [1.165, 1.54) is 11.1 Å². The van der Waals surface area contributed by atoms with E-state index < -0.39 is 12.0 Å². The lowest BCUT2D eigenvalue weighted by Gasteiger charge is -2.39. The van der Waals surface area contributed by atoms with Crippen LogP contribution in [0.15, 0.2) is 48.5 Å². The first-order valence-electron chi connectivity index (χ1n) is 9.70. The largest absolute Gasteiger partial charge is 0.480 e. The molecule has 1 fully saturated rings. The predicted molar refractivity (Wildman–Crippen MR) is 109 cm³/mol. The molecule has 6 nitrogen and oxygen atoms in total. The normalized spacial score (nSPS) is 18.4. The van der Waals surface area contributed by atoms with Crippen LogP contribution >= 0.6 is 11.6 Å². The van der Waals surface area contributed by atoms with Gasteiger partial charge in [0.15, 0.2) is 0 Å². The molecule has 2 aromatic carbocycles. The third-order valence-electron chi connectivity index (χ3n) is 5.84. The zero-order valence-electron chi connectivity index (χ0n) is 15.9. The summed E-state index contributed by atoms with van der Waals surface area (Å²) in [5.74, 6) is -1.14. The van der Waals surface area contributed by atoms with Gasteiger partial charge in [-0.3, -0.25) is 14.9 Å². The van der Waals surface area contributed by atoms with E-state index in [4.69, 9.17) is 16.3 Å². The Morgan fingerprint density at radius 3 is 2.52 bits per heavy atom. The van der Waals surface area contributed by atoms with Crippen LogP contribution in [-0.2, 0) is 26.5 Å². The molecule has 2 aliphatic heterocycles. The molecule has 29 heavy (non-hydrogen) atoms. The molecule has 2 heterocycles. The van der Waals surface area contributed by atoms with Gasteiger partial charge in [0.05, 0.1) is 18.8 Å². The number of carboxylic acid groups (broad SMARTS) is 1. The zero-order valence-corrected chi connectivity index (χ0v) is 16.7. The van der Waals surface area contributed by atoms with Crippen molar-refractivity contribution >= 4 is 23.5 Å². The Kier molecular flexibility index (Phi) is 5.58. The van der Waals surface area contributed by atoms with Crippen molar-refractivity contribution in [3.63, 3.8) is 0 Å². The number of nitrogens with zero attached hydrogens (tertiary/aromatic N) is 1. The van der Waals surface area contributed by atoms with Gasteiger partial charge in [0.2, 0.25) is 5.91 Å². The van der Waals surface area contributed by atoms with Gasteiger partial charge >= 0.3 is 5.97 Å². The second-order valence-electron chi connectivity index (χ2n) is 7.52. The number of carbonyl (C=O) groups excluding carboxylic acids is 1. The van der Waals surface area contributed by atoms with E-state index in [2.05, 4.69) is 17.4 Å². The molecule has 0 aromatic heterocycles. The molecular weight excluding hydrogens is 392 g/mol. The van der Waals surface area contributed by atoms with Crippen LogP contribution in [0.4, 0.5) is 0 Å². The second-order valence-corrected chi connectivity index (χ2v) is 7.96. The van der Waals surface area contributed by atoms with E-state index in [0.29, 0.717) is 30.3 Å². The molecular formula is C22H23ClN2O4. The summed E-state index contributed by atoms with van der Waals surface area (Å²) in [6.07, 6.45) is 1.49. The van der Waals surface area contributed by atoms with E-state index in [1.807, 2.05) is 12.1 Å². The van der Waals surface area contributed by atoms with Crippen molar-refractivity contribution in [2.75, 3.05) is 19.6 Å². The number of rotatable bonds is 5. The molecule has 4 rings (SSSR count).